The lowest BCUT2D eigenvalue weighted by molar-refractivity contribution is 0.0274. The minimum Gasteiger partial charge on any atom is -0.290 e. The molecule has 0 radical (unpaired) electrons. The standard InChI is InChI=1S/C17H18BrO5P/c1-17(23-24(20,21-2)22-3,14-11-7-8-12-15(14)18)16(19)13-9-5-4-6-10-13/h4-12H,1-3H3. The summed E-state index contributed by atoms with van der Waals surface area (Å²) < 4.78 is 28.6. The molecule has 24 heavy (non-hydrogen) atoms. The summed E-state index contributed by atoms with van der Waals surface area (Å²) in [7, 11) is -1.49. The third-order valence-corrected chi connectivity index (χ3v) is 5.77. The second kappa shape index (κ2) is 7.72. The van der Waals surface area contributed by atoms with Crippen molar-refractivity contribution in [1.29, 1.82) is 0 Å². The molecule has 0 aliphatic carbocycles. The van der Waals surface area contributed by atoms with Crippen LogP contribution in [0.1, 0.15) is 22.8 Å². The number of carbonyl (C=O) groups excluding carboxylic acids is 1. The molecule has 1 unspecified atom stereocenters. The highest BCUT2D eigenvalue weighted by Gasteiger charge is 2.45. The SMILES string of the molecule is COP(=O)(OC)OC(C)(C(=O)c1ccccc1)c1ccccc1Br. The Balaban J connectivity index is 2.60. The number of ketones is 1. The molecule has 128 valence electrons. The second-order valence-corrected chi connectivity index (χ2v) is 7.77. The van der Waals surface area contributed by atoms with Crippen LogP contribution in [0.2, 0.25) is 0 Å². The molecule has 0 bridgehead atoms. The normalized spacial score (nSPS) is 14.2. The van der Waals surface area contributed by atoms with Crippen LogP contribution >= 0.6 is 23.8 Å². The average molecular weight is 413 g/mol. The molecule has 0 saturated carbocycles. The van der Waals surface area contributed by atoms with Crippen molar-refractivity contribution in [3.63, 3.8) is 0 Å². The van der Waals surface area contributed by atoms with Crippen LogP contribution in [0.15, 0.2) is 59.1 Å². The number of phosphoric ester groups is 1. The first kappa shape index (κ1) is 19.0. The summed E-state index contributed by atoms with van der Waals surface area (Å²) in [4.78, 5) is 13.2. The van der Waals surface area contributed by atoms with E-state index < -0.39 is 13.4 Å². The average Bonchev–Trinajstić information content (AvgIpc) is 2.62. The smallest absolute Gasteiger partial charge is 0.290 e. The number of phosphoric acid groups is 1. The molecule has 0 heterocycles. The molecule has 0 aliphatic heterocycles. The van der Waals surface area contributed by atoms with E-state index in [0.29, 0.717) is 15.6 Å². The van der Waals surface area contributed by atoms with Crippen molar-refractivity contribution in [3.8, 4) is 0 Å². The van der Waals surface area contributed by atoms with E-state index in [0.717, 1.165) is 0 Å². The van der Waals surface area contributed by atoms with Crippen LogP contribution in [0, 0.1) is 0 Å². The van der Waals surface area contributed by atoms with Gasteiger partial charge in [0.1, 0.15) is 0 Å². The van der Waals surface area contributed by atoms with Gasteiger partial charge in [-0.2, -0.15) is 0 Å². The first-order valence-electron chi connectivity index (χ1n) is 7.13. The van der Waals surface area contributed by atoms with Crippen LogP contribution in [0.4, 0.5) is 0 Å². The molecule has 0 saturated heterocycles. The highest BCUT2D eigenvalue weighted by atomic mass is 79.9. The number of carbonyl (C=O) groups is 1. The lowest BCUT2D eigenvalue weighted by Gasteiger charge is -2.31. The predicted octanol–water partition coefficient (Wildman–Crippen LogP) is 4.96. The quantitative estimate of drug-likeness (QED) is 0.474. The predicted molar refractivity (Wildman–Crippen MR) is 95.0 cm³/mol. The monoisotopic (exact) mass is 412 g/mol. The van der Waals surface area contributed by atoms with Gasteiger partial charge in [-0.3, -0.25) is 18.4 Å². The molecule has 2 rings (SSSR count). The molecular weight excluding hydrogens is 395 g/mol. The van der Waals surface area contributed by atoms with Crippen molar-refractivity contribution >= 4 is 29.5 Å². The van der Waals surface area contributed by atoms with Crippen LogP contribution in [-0.2, 0) is 23.7 Å². The molecule has 0 spiro atoms. The summed E-state index contributed by atoms with van der Waals surface area (Å²) in [5, 5.41) is 0. The van der Waals surface area contributed by atoms with Crippen LogP contribution in [0.25, 0.3) is 0 Å². The fourth-order valence-corrected chi connectivity index (χ4v) is 3.89. The fraction of sp³-hybridized carbons (Fsp3) is 0.235. The van der Waals surface area contributed by atoms with Gasteiger partial charge in [0.25, 0.3) is 0 Å². The van der Waals surface area contributed by atoms with Gasteiger partial charge in [0.05, 0.1) is 0 Å². The zero-order valence-electron chi connectivity index (χ0n) is 13.6. The van der Waals surface area contributed by atoms with Crippen molar-refractivity contribution in [2.24, 2.45) is 0 Å². The Morgan fingerprint density at radius 3 is 2.08 bits per heavy atom. The zero-order valence-corrected chi connectivity index (χ0v) is 16.0. The maximum Gasteiger partial charge on any atom is 0.475 e. The molecule has 7 heteroatoms. The Labute approximate surface area is 149 Å². The Morgan fingerprint density at radius 2 is 1.54 bits per heavy atom. The molecular formula is C17H18BrO5P. The third-order valence-electron chi connectivity index (χ3n) is 3.60. The summed E-state index contributed by atoms with van der Waals surface area (Å²) in [5.41, 5.74) is -0.620. The minimum absolute atomic E-state index is 0.357. The van der Waals surface area contributed by atoms with Crippen molar-refractivity contribution < 1.29 is 22.9 Å². The number of hydrogen-bond acceptors (Lipinski definition) is 5. The minimum atomic E-state index is -3.90. The molecule has 2 aromatic carbocycles. The van der Waals surface area contributed by atoms with Gasteiger partial charge in [0.15, 0.2) is 11.4 Å². The molecule has 2 aromatic rings. The summed E-state index contributed by atoms with van der Waals surface area (Å²) in [6, 6.07) is 15.7. The third kappa shape index (κ3) is 3.85. The van der Waals surface area contributed by atoms with E-state index in [4.69, 9.17) is 13.6 Å². The van der Waals surface area contributed by atoms with E-state index >= 15 is 0 Å². The Kier molecular flexibility index (Phi) is 6.12. The summed E-state index contributed by atoms with van der Waals surface area (Å²) in [6.45, 7) is 1.55. The molecule has 0 fully saturated rings. The van der Waals surface area contributed by atoms with Gasteiger partial charge < -0.3 is 0 Å². The van der Waals surface area contributed by atoms with Crippen molar-refractivity contribution in [1.82, 2.24) is 0 Å². The summed E-state index contributed by atoms with van der Waals surface area (Å²) in [5.74, 6) is -0.357. The Bertz CT molecular complexity index is 757. The van der Waals surface area contributed by atoms with Gasteiger partial charge in [-0.05, 0) is 13.0 Å². The van der Waals surface area contributed by atoms with E-state index in [1.807, 2.05) is 12.1 Å². The van der Waals surface area contributed by atoms with E-state index in [-0.39, 0.29) is 5.78 Å². The molecule has 0 N–H and O–H groups in total. The van der Waals surface area contributed by atoms with E-state index in [9.17, 15) is 9.36 Å². The van der Waals surface area contributed by atoms with Crippen LogP contribution in [0.5, 0.6) is 0 Å². The molecule has 5 nitrogen and oxygen atoms in total. The summed E-state index contributed by atoms with van der Waals surface area (Å²) >= 11 is 3.42. The van der Waals surface area contributed by atoms with Crippen LogP contribution < -0.4 is 0 Å². The van der Waals surface area contributed by atoms with Gasteiger partial charge in [0.2, 0.25) is 0 Å². The maximum absolute atomic E-state index is 13.2. The van der Waals surface area contributed by atoms with Crippen LogP contribution in [-0.4, -0.2) is 20.0 Å². The molecule has 0 aromatic heterocycles. The fourth-order valence-electron chi connectivity index (χ4n) is 2.30. The Hall–Kier alpha value is -1.30. The largest absolute Gasteiger partial charge is 0.475 e. The van der Waals surface area contributed by atoms with E-state index in [2.05, 4.69) is 15.9 Å². The zero-order chi connectivity index (χ0) is 17.8. The van der Waals surface area contributed by atoms with Crippen molar-refractivity contribution in [3.05, 3.63) is 70.2 Å². The molecule has 0 aliphatic rings. The Morgan fingerprint density at radius 1 is 1.00 bits per heavy atom. The number of benzene rings is 2. The second-order valence-electron chi connectivity index (χ2n) is 5.11. The lowest BCUT2D eigenvalue weighted by atomic mass is 9.88. The molecule has 1 atom stereocenters. The topological polar surface area (TPSA) is 61.8 Å². The number of hydrogen-bond donors (Lipinski definition) is 0. The number of rotatable bonds is 7. The first-order chi connectivity index (χ1) is 11.4. The van der Waals surface area contributed by atoms with E-state index in [1.165, 1.54) is 14.2 Å². The van der Waals surface area contributed by atoms with E-state index in [1.54, 1.807) is 49.4 Å². The molecule has 0 amide bonds. The van der Waals surface area contributed by atoms with Crippen molar-refractivity contribution in [2.45, 2.75) is 12.5 Å². The maximum atomic E-state index is 13.2. The highest BCUT2D eigenvalue weighted by molar-refractivity contribution is 9.10. The van der Waals surface area contributed by atoms with Gasteiger partial charge in [-0.1, -0.05) is 64.5 Å². The van der Waals surface area contributed by atoms with Gasteiger partial charge in [-0.15, -0.1) is 0 Å². The number of Topliss-reactive ketones (excluding diaryl/α,β-unsaturated/α-hetero) is 1. The first-order valence-corrected chi connectivity index (χ1v) is 9.39. The van der Waals surface area contributed by atoms with Crippen molar-refractivity contribution in [2.75, 3.05) is 14.2 Å². The van der Waals surface area contributed by atoms with Crippen LogP contribution in [0.3, 0.4) is 0 Å². The van der Waals surface area contributed by atoms with Gasteiger partial charge in [0, 0.05) is 29.8 Å². The van der Waals surface area contributed by atoms with Gasteiger partial charge in [-0.25, -0.2) is 4.57 Å². The number of halogens is 1. The summed E-state index contributed by atoms with van der Waals surface area (Å²) in [6.07, 6.45) is 0. The van der Waals surface area contributed by atoms with Gasteiger partial charge >= 0.3 is 7.82 Å². The lowest BCUT2D eigenvalue weighted by Crippen LogP contribution is -2.35. The highest BCUT2D eigenvalue weighted by Crippen LogP contribution is 2.54.